The minimum absolute atomic E-state index is 0.208. The summed E-state index contributed by atoms with van der Waals surface area (Å²) >= 11 is 0. The fourth-order valence-electron chi connectivity index (χ4n) is 4.62. The molecule has 1 aromatic heterocycles. The Hall–Kier alpha value is -3.93. The molecule has 1 amide bonds. The average Bonchev–Trinajstić information content (AvgIpc) is 3.20. The quantitative estimate of drug-likeness (QED) is 0.335. The van der Waals surface area contributed by atoms with Crippen molar-refractivity contribution in [1.29, 1.82) is 0 Å². The van der Waals surface area contributed by atoms with E-state index in [9.17, 15) is 9.59 Å². The van der Waals surface area contributed by atoms with Crippen LogP contribution < -0.4 is 4.90 Å². The van der Waals surface area contributed by atoms with E-state index >= 15 is 0 Å². The van der Waals surface area contributed by atoms with Gasteiger partial charge in [-0.05, 0) is 37.1 Å². The van der Waals surface area contributed by atoms with Crippen LogP contribution in [0.25, 0.3) is 11.0 Å². The van der Waals surface area contributed by atoms with E-state index in [1.54, 1.807) is 11.8 Å². The zero-order chi connectivity index (χ0) is 22.9. The van der Waals surface area contributed by atoms with Gasteiger partial charge in [0.05, 0.1) is 30.2 Å². The first kappa shape index (κ1) is 20.9. The highest BCUT2D eigenvalue weighted by Gasteiger charge is 2.47. The second kappa shape index (κ2) is 8.54. The zero-order valence-electron chi connectivity index (χ0n) is 18.6. The first-order valence-corrected chi connectivity index (χ1v) is 11.1. The lowest BCUT2D eigenvalue weighted by Crippen LogP contribution is -2.49. The molecule has 1 aliphatic rings. The zero-order valence-corrected chi connectivity index (χ0v) is 18.6. The summed E-state index contributed by atoms with van der Waals surface area (Å²) in [7, 11) is 0. The van der Waals surface area contributed by atoms with Gasteiger partial charge in [-0.2, -0.15) is 0 Å². The maximum absolute atomic E-state index is 13.9. The lowest BCUT2D eigenvalue weighted by atomic mass is 9.88. The average molecular weight is 440 g/mol. The van der Waals surface area contributed by atoms with Crippen LogP contribution in [0.5, 0.6) is 0 Å². The topological polar surface area (TPSA) is 64.4 Å². The number of nitrogens with zero attached hydrogens (tertiary/aromatic N) is 3. The number of fused-ring (bicyclic) bond motifs is 3. The second-order valence-electron chi connectivity index (χ2n) is 8.27. The summed E-state index contributed by atoms with van der Waals surface area (Å²) in [6, 6.07) is 24.9. The van der Waals surface area contributed by atoms with Gasteiger partial charge in [0.15, 0.2) is 5.92 Å². The lowest BCUT2D eigenvalue weighted by molar-refractivity contribution is -0.153. The molecule has 166 valence electrons. The van der Waals surface area contributed by atoms with E-state index in [0.717, 1.165) is 27.7 Å². The lowest BCUT2D eigenvalue weighted by Gasteiger charge is -2.38. The smallest absolute Gasteiger partial charge is 0.321 e. The minimum Gasteiger partial charge on any atom is -0.465 e. The number of rotatable bonds is 5. The maximum atomic E-state index is 13.9. The van der Waals surface area contributed by atoms with E-state index in [4.69, 9.17) is 9.72 Å². The van der Waals surface area contributed by atoms with E-state index < -0.39 is 17.9 Å². The number of anilines is 1. The van der Waals surface area contributed by atoms with Crippen molar-refractivity contribution in [3.05, 3.63) is 95.6 Å². The number of amides is 1. The summed E-state index contributed by atoms with van der Waals surface area (Å²) in [6.07, 6.45) is 0. The number of carbonyl (C=O) groups is 2. The van der Waals surface area contributed by atoms with Crippen molar-refractivity contribution in [2.24, 2.45) is 5.92 Å². The summed E-state index contributed by atoms with van der Waals surface area (Å²) < 4.78 is 7.44. The molecule has 6 nitrogen and oxygen atoms in total. The van der Waals surface area contributed by atoms with Crippen LogP contribution in [-0.4, -0.2) is 28.0 Å². The van der Waals surface area contributed by atoms with E-state index in [-0.39, 0.29) is 12.5 Å². The molecule has 3 aromatic carbocycles. The molecule has 0 spiro atoms. The van der Waals surface area contributed by atoms with Crippen LogP contribution in [0.15, 0.2) is 78.9 Å². The first-order chi connectivity index (χ1) is 16.1. The third kappa shape index (κ3) is 3.67. The number of benzene rings is 3. The molecule has 0 bridgehead atoms. The van der Waals surface area contributed by atoms with Gasteiger partial charge in [0, 0.05) is 0 Å². The third-order valence-electron chi connectivity index (χ3n) is 6.05. The monoisotopic (exact) mass is 439 g/mol. The van der Waals surface area contributed by atoms with Crippen LogP contribution in [0.2, 0.25) is 0 Å². The fourth-order valence-corrected chi connectivity index (χ4v) is 4.62. The summed E-state index contributed by atoms with van der Waals surface area (Å²) in [4.78, 5) is 33.6. The van der Waals surface area contributed by atoms with Gasteiger partial charge in [-0.25, -0.2) is 4.98 Å². The Labute approximate surface area is 192 Å². The van der Waals surface area contributed by atoms with E-state index in [1.165, 1.54) is 0 Å². The third-order valence-corrected chi connectivity index (χ3v) is 6.05. The summed E-state index contributed by atoms with van der Waals surface area (Å²) in [6.45, 7) is 4.29. The van der Waals surface area contributed by atoms with E-state index in [0.29, 0.717) is 12.5 Å². The van der Waals surface area contributed by atoms with Gasteiger partial charge in [0.25, 0.3) is 0 Å². The van der Waals surface area contributed by atoms with Crippen molar-refractivity contribution in [2.45, 2.75) is 26.4 Å². The van der Waals surface area contributed by atoms with Crippen LogP contribution in [0.1, 0.15) is 29.7 Å². The number of esters is 1. The van der Waals surface area contributed by atoms with Gasteiger partial charge in [-0.3, -0.25) is 14.5 Å². The van der Waals surface area contributed by atoms with Crippen molar-refractivity contribution in [2.75, 3.05) is 11.5 Å². The SMILES string of the molecule is CCOC(=O)C1C(=O)N(Cc2ccccc2)c2nc3ccccc3n2C1c1cccc(C)c1. The Bertz CT molecular complexity index is 1330. The van der Waals surface area contributed by atoms with Crippen LogP contribution in [0, 0.1) is 12.8 Å². The molecular weight excluding hydrogens is 414 g/mol. The maximum Gasteiger partial charge on any atom is 0.321 e. The van der Waals surface area contributed by atoms with Crippen molar-refractivity contribution < 1.29 is 14.3 Å². The number of aromatic nitrogens is 2. The highest BCUT2D eigenvalue weighted by Crippen LogP contribution is 2.41. The minimum atomic E-state index is -1.01. The van der Waals surface area contributed by atoms with Gasteiger partial charge in [-0.15, -0.1) is 0 Å². The fraction of sp³-hybridized carbons (Fsp3) is 0.222. The van der Waals surface area contributed by atoms with Crippen LogP contribution in [0.4, 0.5) is 5.95 Å². The Morgan fingerprint density at radius 3 is 2.52 bits per heavy atom. The van der Waals surface area contributed by atoms with Crippen molar-refractivity contribution in [3.63, 3.8) is 0 Å². The molecule has 4 aromatic rings. The van der Waals surface area contributed by atoms with Gasteiger partial charge >= 0.3 is 5.97 Å². The molecule has 33 heavy (non-hydrogen) atoms. The van der Waals surface area contributed by atoms with E-state index in [2.05, 4.69) is 0 Å². The number of aryl methyl sites for hydroxylation is 1. The van der Waals surface area contributed by atoms with E-state index in [1.807, 2.05) is 90.4 Å². The van der Waals surface area contributed by atoms with Crippen molar-refractivity contribution >= 4 is 28.9 Å². The molecule has 5 rings (SSSR count). The standard InChI is InChI=1S/C27H25N3O3/c1-3-33-26(32)23-24(20-13-9-10-18(2)16-20)30-22-15-8-7-14-21(22)28-27(30)29(25(23)31)17-19-11-5-4-6-12-19/h4-16,23-24H,3,17H2,1-2H3. The van der Waals surface area contributed by atoms with Crippen LogP contribution >= 0.6 is 0 Å². The molecule has 0 aliphatic carbocycles. The van der Waals surface area contributed by atoms with Gasteiger partial charge in [0.1, 0.15) is 0 Å². The molecule has 0 N–H and O–H groups in total. The number of ether oxygens (including phenoxy) is 1. The number of para-hydroxylation sites is 2. The van der Waals surface area contributed by atoms with Crippen molar-refractivity contribution in [1.82, 2.24) is 9.55 Å². The van der Waals surface area contributed by atoms with Crippen molar-refractivity contribution in [3.8, 4) is 0 Å². The predicted octanol–water partition coefficient (Wildman–Crippen LogP) is 4.66. The number of imidazole rings is 1. The van der Waals surface area contributed by atoms with Gasteiger partial charge < -0.3 is 9.30 Å². The molecule has 0 saturated carbocycles. The molecule has 0 fully saturated rings. The molecule has 2 unspecified atom stereocenters. The molecule has 2 heterocycles. The molecular formula is C27H25N3O3. The highest BCUT2D eigenvalue weighted by atomic mass is 16.5. The Morgan fingerprint density at radius 2 is 1.76 bits per heavy atom. The van der Waals surface area contributed by atoms with Crippen LogP contribution in [-0.2, 0) is 20.9 Å². The number of hydrogen-bond donors (Lipinski definition) is 0. The second-order valence-corrected chi connectivity index (χ2v) is 8.27. The molecule has 1 aliphatic heterocycles. The molecule has 6 heteroatoms. The largest absolute Gasteiger partial charge is 0.465 e. The summed E-state index contributed by atoms with van der Waals surface area (Å²) in [5.41, 5.74) is 4.55. The Kier molecular flexibility index (Phi) is 5.42. The number of carbonyl (C=O) groups excluding carboxylic acids is 2. The predicted molar refractivity (Wildman–Crippen MR) is 127 cm³/mol. The molecule has 2 atom stereocenters. The normalized spacial score (nSPS) is 17.8. The van der Waals surface area contributed by atoms with Gasteiger partial charge in [0.2, 0.25) is 11.9 Å². The molecule has 0 radical (unpaired) electrons. The molecule has 0 saturated heterocycles. The Balaban J connectivity index is 1.76. The Morgan fingerprint density at radius 1 is 1.00 bits per heavy atom. The number of hydrogen-bond acceptors (Lipinski definition) is 4. The summed E-state index contributed by atoms with van der Waals surface area (Å²) in [5, 5.41) is 0. The van der Waals surface area contributed by atoms with Crippen LogP contribution in [0.3, 0.4) is 0 Å². The summed E-state index contributed by atoms with van der Waals surface area (Å²) in [5.74, 6) is -1.29. The van der Waals surface area contributed by atoms with Gasteiger partial charge in [-0.1, -0.05) is 72.3 Å². The highest BCUT2D eigenvalue weighted by molar-refractivity contribution is 6.08. The first-order valence-electron chi connectivity index (χ1n) is 11.1.